The van der Waals surface area contributed by atoms with Gasteiger partial charge in [0.15, 0.2) is 0 Å². The fraction of sp³-hybridized carbons (Fsp3) is 0. The zero-order valence-corrected chi connectivity index (χ0v) is 11.6. The third kappa shape index (κ3) is 2.48. The van der Waals surface area contributed by atoms with Gasteiger partial charge in [0.05, 0.1) is 22.7 Å². The van der Waals surface area contributed by atoms with E-state index in [1.807, 2.05) is 0 Å². The number of aromatic amines is 1. The van der Waals surface area contributed by atoms with Crippen molar-refractivity contribution in [3.8, 4) is 22.7 Å². The second-order valence-electron chi connectivity index (χ2n) is 4.09. The number of nitrogens with one attached hydrogen (secondary N) is 1. The number of hydrogen-bond donors (Lipinski definition) is 1. The van der Waals surface area contributed by atoms with Gasteiger partial charge in [0.2, 0.25) is 0 Å². The van der Waals surface area contributed by atoms with Crippen LogP contribution in [0.4, 0.5) is 0 Å². The van der Waals surface area contributed by atoms with E-state index in [2.05, 4.69) is 9.97 Å². The van der Waals surface area contributed by atoms with E-state index in [1.54, 1.807) is 36.4 Å². The van der Waals surface area contributed by atoms with Crippen molar-refractivity contribution in [2.75, 3.05) is 0 Å². The second-order valence-corrected chi connectivity index (χ2v) is 4.93. The maximum absolute atomic E-state index is 11.7. The molecule has 2 aromatic heterocycles. The van der Waals surface area contributed by atoms with Gasteiger partial charge in [-0.15, -0.1) is 0 Å². The maximum atomic E-state index is 11.7. The Morgan fingerprint density at radius 3 is 2.70 bits per heavy atom. The van der Waals surface area contributed by atoms with Crippen molar-refractivity contribution in [3.63, 3.8) is 0 Å². The Morgan fingerprint density at radius 2 is 2.00 bits per heavy atom. The van der Waals surface area contributed by atoms with Gasteiger partial charge in [-0.3, -0.25) is 0 Å². The Kier molecular flexibility index (Phi) is 3.34. The van der Waals surface area contributed by atoms with Crippen molar-refractivity contribution in [1.29, 1.82) is 0 Å². The predicted molar refractivity (Wildman–Crippen MR) is 78.0 cm³/mol. The molecule has 0 amide bonds. The second kappa shape index (κ2) is 5.15. The minimum Gasteiger partial charge on any atom is -0.463 e. The summed E-state index contributed by atoms with van der Waals surface area (Å²) in [6.07, 6.45) is 1.53. The van der Waals surface area contributed by atoms with Gasteiger partial charge in [0.25, 0.3) is 0 Å². The molecule has 3 rings (SSSR count). The molecule has 20 heavy (non-hydrogen) atoms. The first kappa shape index (κ1) is 13.0. The molecule has 0 aliphatic rings. The van der Waals surface area contributed by atoms with Crippen LogP contribution in [-0.4, -0.2) is 9.97 Å². The van der Waals surface area contributed by atoms with E-state index in [-0.39, 0.29) is 0 Å². The number of H-pyrrole nitrogens is 1. The van der Waals surface area contributed by atoms with Crippen LogP contribution in [0.3, 0.4) is 0 Å². The number of nitrogens with zero attached hydrogens (tertiary/aromatic N) is 1. The summed E-state index contributed by atoms with van der Waals surface area (Å²) in [6, 6.07) is 10.2. The Bertz CT molecular complexity index is 810. The fourth-order valence-electron chi connectivity index (χ4n) is 1.86. The number of rotatable bonds is 2. The first-order chi connectivity index (χ1) is 9.63. The van der Waals surface area contributed by atoms with Crippen LogP contribution in [0.1, 0.15) is 0 Å². The van der Waals surface area contributed by atoms with Gasteiger partial charge in [0.1, 0.15) is 5.76 Å². The molecule has 3 aromatic rings. The summed E-state index contributed by atoms with van der Waals surface area (Å²) in [5.41, 5.74) is 1.16. The van der Waals surface area contributed by atoms with E-state index in [0.717, 1.165) is 0 Å². The number of aromatic nitrogens is 2. The van der Waals surface area contributed by atoms with E-state index >= 15 is 0 Å². The van der Waals surface area contributed by atoms with E-state index in [1.165, 1.54) is 6.26 Å². The third-order valence-corrected chi connectivity index (χ3v) is 3.29. The summed E-state index contributed by atoms with van der Waals surface area (Å²) in [5, 5.41) is 0.954. The van der Waals surface area contributed by atoms with Gasteiger partial charge >= 0.3 is 5.69 Å². The number of benzene rings is 1. The standard InChI is InChI=1S/C14H8Cl2N2O2/c15-8-3-4-9(10(16)6-8)11-7-12(18-14(19)17-11)13-2-1-5-20-13/h1-7H,(H,17,18,19). The highest BCUT2D eigenvalue weighted by Gasteiger charge is 2.10. The van der Waals surface area contributed by atoms with Crippen LogP contribution in [0, 0.1) is 0 Å². The molecule has 4 nitrogen and oxygen atoms in total. The molecular formula is C14H8Cl2N2O2. The van der Waals surface area contributed by atoms with Gasteiger partial charge in [-0.1, -0.05) is 23.2 Å². The lowest BCUT2D eigenvalue weighted by molar-refractivity contribution is 0.579. The van der Waals surface area contributed by atoms with Crippen molar-refractivity contribution in [2.45, 2.75) is 0 Å². The smallest absolute Gasteiger partial charge is 0.346 e. The van der Waals surface area contributed by atoms with Crippen LogP contribution in [-0.2, 0) is 0 Å². The van der Waals surface area contributed by atoms with Crippen molar-refractivity contribution in [2.24, 2.45) is 0 Å². The molecule has 2 heterocycles. The molecule has 0 aliphatic heterocycles. The zero-order chi connectivity index (χ0) is 14.1. The summed E-state index contributed by atoms with van der Waals surface area (Å²) in [6.45, 7) is 0. The van der Waals surface area contributed by atoms with E-state index < -0.39 is 5.69 Å². The molecule has 0 spiro atoms. The van der Waals surface area contributed by atoms with Crippen molar-refractivity contribution in [1.82, 2.24) is 9.97 Å². The Morgan fingerprint density at radius 1 is 1.15 bits per heavy atom. The Balaban J connectivity index is 2.17. The van der Waals surface area contributed by atoms with Crippen LogP contribution in [0.2, 0.25) is 10.0 Å². The summed E-state index contributed by atoms with van der Waals surface area (Å²) >= 11 is 12.0. The average molecular weight is 307 g/mol. The van der Waals surface area contributed by atoms with Crippen LogP contribution in [0.5, 0.6) is 0 Å². The van der Waals surface area contributed by atoms with Crippen LogP contribution in [0.25, 0.3) is 22.7 Å². The maximum Gasteiger partial charge on any atom is 0.346 e. The van der Waals surface area contributed by atoms with E-state index in [0.29, 0.717) is 32.8 Å². The lowest BCUT2D eigenvalue weighted by Crippen LogP contribution is -2.11. The molecule has 0 saturated heterocycles. The molecule has 1 aromatic carbocycles. The third-order valence-electron chi connectivity index (χ3n) is 2.74. The molecule has 100 valence electrons. The molecule has 0 radical (unpaired) electrons. The van der Waals surface area contributed by atoms with Gasteiger partial charge in [-0.2, -0.15) is 4.98 Å². The molecule has 0 fully saturated rings. The SMILES string of the molecule is O=c1nc(-c2ccc(Cl)cc2Cl)cc(-c2ccco2)[nH]1. The number of furan rings is 1. The molecule has 0 saturated carbocycles. The lowest BCUT2D eigenvalue weighted by Gasteiger charge is -2.05. The van der Waals surface area contributed by atoms with Gasteiger partial charge in [0, 0.05) is 10.6 Å². The quantitative estimate of drug-likeness (QED) is 0.778. The number of hydrogen-bond acceptors (Lipinski definition) is 3. The highest BCUT2D eigenvalue weighted by molar-refractivity contribution is 6.36. The van der Waals surface area contributed by atoms with Crippen LogP contribution in [0.15, 0.2) is 51.9 Å². The predicted octanol–water partition coefficient (Wildman–Crippen LogP) is 4.00. The first-order valence-corrected chi connectivity index (χ1v) is 6.50. The fourth-order valence-corrected chi connectivity index (χ4v) is 2.36. The number of halogens is 2. The molecule has 1 N–H and O–H groups in total. The summed E-state index contributed by atoms with van der Waals surface area (Å²) in [4.78, 5) is 18.2. The summed E-state index contributed by atoms with van der Waals surface area (Å²) in [7, 11) is 0. The van der Waals surface area contributed by atoms with E-state index in [9.17, 15) is 4.79 Å². The first-order valence-electron chi connectivity index (χ1n) is 5.74. The lowest BCUT2D eigenvalue weighted by atomic mass is 10.1. The minimum atomic E-state index is -0.472. The molecular weight excluding hydrogens is 299 g/mol. The van der Waals surface area contributed by atoms with Gasteiger partial charge in [-0.25, -0.2) is 4.79 Å². The normalized spacial score (nSPS) is 10.7. The molecule has 0 aliphatic carbocycles. The molecule has 0 atom stereocenters. The monoisotopic (exact) mass is 306 g/mol. The highest BCUT2D eigenvalue weighted by Crippen LogP contribution is 2.30. The Hall–Kier alpha value is -2.04. The average Bonchev–Trinajstić information content (AvgIpc) is 2.91. The van der Waals surface area contributed by atoms with Gasteiger partial charge in [-0.05, 0) is 36.4 Å². The summed E-state index contributed by atoms with van der Waals surface area (Å²) in [5.74, 6) is 0.552. The summed E-state index contributed by atoms with van der Waals surface area (Å²) < 4.78 is 5.26. The van der Waals surface area contributed by atoms with Crippen LogP contribution < -0.4 is 5.69 Å². The largest absolute Gasteiger partial charge is 0.463 e. The van der Waals surface area contributed by atoms with Crippen molar-refractivity contribution < 1.29 is 4.42 Å². The molecule has 0 bridgehead atoms. The topological polar surface area (TPSA) is 58.9 Å². The van der Waals surface area contributed by atoms with Crippen molar-refractivity contribution >= 4 is 23.2 Å². The molecule has 6 heteroatoms. The van der Waals surface area contributed by atoms with Crippen LogP contribution >= 0.6 is 23.2 Å². The zero-order valence-electron chi connectivity index (χ0n) is 10.1. The van der Waals surface area contributed by atoms with Crippen molar-refractivity contribution in [3.05, 3.63) is 63.2 Å². The van der Waals surface area contributed by atoms with Gasteiger partial charge < -0.3 is 9.40 Å². The molecule has 0 unspecified atom stereocenters. The highest BCUT2D eigenvalue weighted by atomic mass is 35.5. The Labute approximate surface area is 124 Å². The van der Waals surface area contributed by atoms with E-state index in [4.69, 9.17) is 27.6 Å². The minimum absolute atomic E-state index is 0.431.